The molecule has 0 radical (unpaired) electrons. The molecule has 0 aliphatic carbocycles. The molecule has 19 heavy (non-hydrogen) atoms. The summed E-state index contributed by atoms with van der Waals surface area (Å²) in [7, 11) is 3.39. The first-order chi connectivity index (χ1) is 8.99. The minimum Gasteiger partial charge on any atom is -0.336 e. The highest BCUT2D eigenvalue weighted by Gasteiger charge is 2.16. The molecule has 0 spiro atoms. The van der Waals surface area contributed by atoms with Gasteiger partial charge in [-0.2, -0.15) is 5.10 Å². The normalized spacial score (nSPS) is 10.5. The number of rotatable bonds is 3. The second kappa shape index (κ2) is 5.40. The topological polar surface area (TPSA) is 38.1 Å². The van der Waals surface area contributed by atoms with E-state index in [1.54, 1.807) is 24.8 Å². The van der Waals surface area contributed by atoms with Crippen LogP contribution in [0.15, 0.2) is 30.5 Å². The van der Waals surface area contributed by atoms with Gasteiger partial charge >= 0.3 is 0 Å². The van der Waals surface area contributed by atoms with E-state index in [0.29, 0.717) is 17.1 Å². The number of amides is 1. The Kier molecular flexibility index (Phi) is 3.85. The summed E-state index contributed by atoms with van der Waals surface area (Å²) in [5, 5.41) is 4.50. The molecule has 0 N–H and O–H groups in total. The summed E-state index contributed by atoms with van der Waals surface area (Å²) in [6, 6.07) is 5.60. The van der Waals surface area contributed by atoms with Crippen molar-refractivity contribution >= 4 is 17.5 Å². The van der Waals surface area contributed by atoms with E-state index in [4.69, 9.17) is 11.6 Å². The maximum absolute atomic E-state index is 13.1. The molecule has 0 aliphatic heterocycles. The fourth-order valence-electron chi connectivity index (χ4n) is 1.75. The van der Waals surface area contributed by atoms with Gasteiger partial charge in [-0.1, -0.05) is 17.7 Å². The highest BCUT2D eigenvalue weighted by Crippen LogP contribution is 2.17. The summed E-state index contributed by atoms with van der Waals surface area (Å²) in [6.45, 7) is 0.310. The molecule has 1 aromatic carbocycles. The van der Waals surface area contributed by atoms with Crippen molar-refractivity contribution in [3.05, 3.63) is 52.6 Å². The Hall–Kier alpha value is -1.88. The number of carbonyl (C=O) groups excluding carboxylic acids is 1. The summed E-state index contributed by atoms with van der Waals surface area (Å²) in [4.78, 5) is 13.6. The number of carbonyl (C=O) groups is 1. The van der Waals surface area contributed by atoms with Gasteiger partial charge in [-0.25, -0.2) is 4.39 Å². The van der Waals surface area contributed by atoms with Gasteiger partial charge in [0.1, 0.15) is 5.82 Å². The fourth-order valence-corrected chi connectivity index (χ4v) is 1.98. The van der Waals surface area contributed by atoms with Crippen LogP contribution in [-0.2, 0) is 13.6 Å². The lowest BCUT2D eigenvalue weighted by atomic mass is 10.2. The molecule has 4 nitrogen and oxygen atoms in total. The highest BCUT2D eigenvalue weighted by molar-refractivity contribution is 6.31. The Morgan fingerprint density at radius 2 is 2.26 bits per heavy atom. The summed E-state index contributed by atoms with van der Waals surface area (Å²) in [5.41, 5.74) is 1.04. The predicted octanol–water partition coefficient (Wildman–Crippen LogP) is 2.48. The van der Waals surface area contributed by atoms with E-state index in [0.717, 1.165) is 5.69 Å². The van der Waals surface area contributed by atoms with Gasteiger partial charge < -0.3 is 4.90 Å². The zero-order valence-electron chi connectivity index (χ0n) is 10.6. The molecule has 0 unspecified atom stereocenters. The van der Waals surface area contributed by atoms with Gasteiger partial charge in [0.2, 0.25) is 0 Å². The Morgan fingerprint density at radius 3 is 2.84 bits per heavy atom. The van der Waals surface area contributed by atoms with Crippen molar-refractivity contribution < 1.29 is 9.18 Å². The Balaban J connectivity index is 2.16. The number of hydrogen-bond acceptors (Lipinski definition) is 2. The monoisotopic (exact) mass is 281 g/mol. The SMILES string of the molecule is CN(Cc1c(Cl)cnn1C)C(=O)c1cccc(F)c1. The van der Waals surface area contributed by atoms with Crippen molar-refractivity contribution in [2.24, 2.45) is 7.05 Å². The van der Waals surface area contributed by atoms with Gasteiger partial charge in [-0.15, -0.1) is 0 Å². The molecule has 1 heterocycles. The van der Waals surface area contributed by atoms with E-state index in [2.05, 4.69) is 5.10 Å². The van der Waals surface area contributed by atoms with Gasteiger partial charge in [0.15, 0.2) is 0 Å². The van der Waals surface area contributed by atoms with Crippen LogP contribution < -0.4 is 0 Å². The first kappa shape index (κ1) is 13.5. The molecule has 0 aliphatic rings. The molecule has 2 aromatic rings. The molecule has 0 saturated heterocycles. The standard InChI is InChI=1S/C13H13ClFN3O/c1-17(8-12-11(14)7-16-18(12)2)13(19)9-4-3-5-10(15)6-9/h3-7H,8H2,1-2H3. The van der Waals surface area contributed by atoms with Gasteiger partial charge in [0, 0.05) is 19.7 Å². The van der Waals surface area contributed by atoms with Gasteiger partial charge in [0.05, 0.1) is 23.5 Å². The molecule has 1 amide bonds. The van der Waals surface area contributed by atoms with E-state index in [9.17, 15) is 9.18 Å². The molecule has 2 rings (SSSR count). The lowest BCUT2D eigenvalue weighted by molar-refractivity contribution is 0.0781. The number of nitrogens with zero attached hydrogens (tertiary/aromatic N) is 3. The number of benzene rings is 1. The zero-order chi connectivity index (χ0) is 14.0. The maximum Gasteiger partial charge on any atom is 0.254 e. The fraction of sp³-hybridized carbons (Fsp3) is 0.231. The molecule has 0 fully saturated rings. The number of halogens is 2. The van der Waals surface area contributed by atoms with E-state index in [1.807, 2.05) is 0 Å². The van der Waals surface area contributed by atoms with Gasteiger partial charge in [-0.3, -0.25) is 9.48 Å². The average Bonchev–Trinajstić information content (AvgIpc) is 2.69. The summed E-state index contributed by atoms with van der Waals surface area (Å²) in [6.07, 6.45) is 1.53. The smallest absolute Gasteiger partial charge is 0.254 e. The second-order valence-electron chi connectivity index (χ2n) is 4.23. The third-order valence-electron chi connectivity index (χ3n) is 2.82. The van der Waals surface area contributed by atoms with Crippen molar-refractivity contribution in [2.45, 2.75) is 6.54 Å². The summed E-state index contributed by atoms with van der Waals surface area (Å²) >= 11 is 5.98. The first-order valence-corrected chi connectivity index (χ1v) is 6.04. The van der Waals surface area contributed by atoms with Crippen LogP contribution in [0.4, 0.5) is 4.39 Å². The molecule has 6 heteroatoms. The first-order valence-electron chi connectivity index (χ1n) is 5.66. The molecular formula is C13H13ClFN3O. The number of aromatic nitrogens is 2. The van der Waals surface area contributed by atoms with Crippen molar-refractivity contribution in [1.29, 1.82) is 0 Å². The molecule has 1 aromatic heterocycles. The summed E-state index contributed by atoms with van der Waals surface area (Å²) < 4.78 is 14.7. The van der Waals surface area contributed by atoms with Crippen LogP contribution in [0.2, 0.25) is 5.02 Å². The molecule has 100 valence electrons. The van der Waals surface area contributed by atoms with E-state index in [1.165, 1.54) is 29.3 Å². The Labute approximate surface area is 115 Å². The maximum atomic E-state index is 13.1. The van der Waals surface area contributed by atoms with E-state index in [-0.39, 0.29) is 5.91 Å². The summed E-state index contributed by atoms with van der Waals surface area (Å²) in [5.74, 6) is -0.699. The molecule has 0 atom stereocenters. The van der Waals surface area contributed by atoms with Crippen molar-refractivity contribution in [2.75, 3.05) is 7.05 Å². The predicted molar refractivity (Wildman–Crippen MR) is 70.4 cm³/mol. The Bertz CT molecular complexity index is 592. The Morgan fingerprint density at radius 1 is 1.53 bits per heavy atom. The average molecular weight is 282 g/mol. The number of aryl methyl sites for hydroxylation is 1. The van der Waals surface area contributed by atoms with Crippen LogP contribution >= 0.6 is 11.6 Å². The molecule has 0 saturated carbocycles. The van der Waals surface area contributed by atoms with Crippen LogP contribution in [0, 0.1) is 5.82 Å². The van der Waals surface area contributed by atoms with Crippen molar-refractivity contribution in [3.63, 3.8) is 0 Å². The largest absolute Gasteiger partial charge is 0.336 e. The van der Waals surface area contributed by atoms with Crippen LogP contribution in [0.3, 0.4) is 0 Å². The quantitative estimate of drug-likeness (QED) is 0.867. The van der Waals surface area contributed by atoms with Crippen LogP contribution in [0.1, 0.15) is 16.1 Å². The number of hydrogen-bond donors (Lipinski definition) is 0. The molecular weight excluding hydrogens is 269 g/mol. The molecule has 0 bridgehead atoms. The van der Waals surface area contributed by atoms with Crippen LogP contribution in [-0.4, -0.2) is 27.6 Å². The van der Waals surface area contributed by atoms with Crippen LogP contribution in [0.5, 0.6) is 0 Å². The third kappa shape index (κ3) is 2.93. The lowest BCUT2D eigenvalue weighted by Gasteiger charge is -2.17. The minimum atomic E-state index is -0.433. The van der Waals surface area contributed by atoms with E-state index < -0.39 is 5.82 Å². The van der Waals surface area contributed by atoms with Crippen molar-refractivity contribution in [1.82, 2.24) is 14.7 Å². The second-order valence-corrected chi connectivity index (χ2v) is 4.64. The highest BCUT2D eigenvalue weighted by atomic mass is 35.5. The van der Waals surface area contributed by atoms with Crippen molar-refractivity contribution in [3.8, 4) is 0 Å². The lowest BCUT2D eigenvalue weighted by Crippen LogP contribution is -2.27. The van der Waals surface area contributed by atoms with Crippen LogP contribution in [0.25, 0.3) is 0 Å². The van der Waals surface area contributed by atoms with Gasteiger partial charge in [-0.05, 0) is 18.2 Å². The minimum absolute atomic E-state index is 0.267. The zero-order valence-corrected chi connectivity index (χ0v) is 11.4. The van der Waals surface area contributed by atoms with Gasteiger partial charge in [0.25, 0.3) is 5.91 Å². The third-order valence-corrected chi connectivity index (χ3v) is 3.13. The van der Waals surface area contributed by atoms with E-state index >= 15 is 0 Å².